The molecule has 1 aromatic carbocycles. The van der Waals surface area contributed by atoms with Gasteiger partial charge in [-0.2, -0.15) is 0 Å². The third kappa shape index (κ3) is 4.44. The molecule has 0 aromatic heterocycles. The summed E-state index contributed by atoms with van der Waals surface area (Å²) in [6.07, 6.45) is 3.85. The van der Waals surface area contributed by atoms with E-state index in [1.54, 1.807) is 4.90 Å². The van der Waals surface area contributed by atoms with E-state index in [4.69, 9.17) is 0 Å². The fraction of sp³-hybridized carbons (Fsp3) is 0.474. The molecule has 2 amide bonds. The first-order valence-corrected chi connectivity index (χ1v) is 8.37. The van der Waals surface area contributed by atoms with E-state index in [9.17, 15) is 9.59 Å². The second kappa shape index (κ2) is 7.95. The zero-order valence-corrected chi connectivity index (χ0v) is 14.0. The molecule has 0 saturated carbocycles. The first kappa shape index (κ1) is 17.3. The summed E-state index contributed by atoms with van der Waals surface area (Å²) >= 11 is 0. The topological polar surface area (TPSA) is 49.4 Å². The number of carbonyl (C=O) groups excluding carboxylic acids is 2. The molecule has 1 fully saturated rings. The molecule has 124 valence electrons. The molecule has 0 aliphatic carbocycles. The van der Waals surface area contributed by atoms with E-state index in [1.165, 1.54) is 11.6 Å². The fourth-order valence-electron chi connectivity index (χ4n) is 2.87. The van der Waals surface area contributed by atoms with Gasteiger partial charge in [0, 0.05) is 24.7 Å². The van der Waals surface area contributed by atoms with E-state index in [2.05, 4.69) is 37.9 Å². The van der Waals surface area contributed by atoms with Crippen molar-refractivity contribution in [3.63, 3.8) is 0 Å². The standard InChI is InChI=1S/C19H26N2O2/c1-4-14(3)15-6-8-17(9-7-15)20-19(23)16-10-12-21(13-11-16)18(22)5-2/h5-9,14,16H,2,4,10-13H2,1,3H3,(H,20,23). The molecule has 0 radical (unpaired) electrons. The van der Waals surface area contributed by atoms with Gasteiger partial charge in [-0.05, 0) is 49.0 Å². The maximum atomic E-state index is 12.4. The summed E-state index contributed by atoms with van der Waals surface area (Å²) in [4.78, 5) is 25.7. The van der Waals surface area contributed by atoms with Gasteiger partial charge in [-0.15, -0.1) is 0 Å². The first-order valence-electron chi connectivity index (χ1n) is 8.37. The van der Waals surface area contributed by atoms with Crippen LogP contribution in [0.25, 0.3) is 0 Å². The Morgan fingerprint density at radius 2 is 1.91 bits per heavy atom. The zero-order chi connectivity index (χ0) is 16.8. The minimum Gasteiger partial charge on any atom is -0.339 e. The summed E-state index contributed by atoms with van der Waals surface area (Å²) < 4.78 is 0. The first-order chi connectivity index (χ1) is 11.0. The molecular formula is C19H26N2O2. The Morgan fingerprint density at radius 1 is 1.30 bits per heavy atom. The van der Waals surface area contributed by atoms with Crippen LogP contribution in [0.4, 0.5) is 5.69 Å². The number of likely N-dealkylation sites (tertiary alicyclic amines) is 1. The highest BCUT2D eigenvalue weighted by Gasteiger charge is 2.26. The summed E-state index contributed by atoms with van der Waals surface area (Å²) in [5, 5.41) is 2.99. The van der Waals surface area contributed by atoms with Crippen molar-refractivity contribution in [2.24, 2.45) is 5.92 Å². The van der Waals surface area contributed by atoms with E-state index in [0.717, 1.165) is 12.1 Å². The van der Waals surface area contributed by atoms with Crippen LogP contribution in [-0.4, -0.2) is 29.8 Å². The monoisotopic (exact) mass is 314 g/mol. The van der Waals surface area contributed by atoms with Crippen LogP contribution in [-0.2, 0) is 9.59 Å². The predicted octanol–water partition coefficient (Wildman–Crippen LogP) is 3.56. The number of amides is 2. The lowest BCUT2D eigenvalue weighted by Gasteiger charge is -2.30. The summed E-state index contributed by atoms with van der Waals surface area (Å²) in [7, 11) is 0. The molecule has 4 nitrogen and oxygen atoms in total. The maximum absolute atomic E-state index is 12.4. The van der Waals surface area contributed by atoms with E-state index >= 15 is 0 Å². The number of benzene rings is 1. The molecule has 1 atom stereocenters. The largest absolute Gasteiger partial charge is 0.339 e. The SMILES string of the molecule is C=CC(=O)N1CCC(C(=O)Nc2ccc(C(C)CC)cc2)CC1. The van der Waals surface area contributed by atoms with Crippen molar-refractivity contribution in [1.29, 1.82) is 0 Å². The molecule has 4 heteroatoms. The van der Waals surface area contributed by atoms with Crippen molar-refractivity contribution in [2.75, 3.05) is 18.4 Å². The van der Waals surface area contributed by atoms with Gasteiger partial charge < -0.3 is 10.2 Å². The summed E-state index contributed by atoms with van der Waals surface area (Å²) in [6.45, 7) is 9.11. The number of piperidine rings is 1. The zero-order valence-electron chi connectivity index (χ0n) is 14.0. The third-order valence-corrected chi connectivity index (χ3v) is 4.71. The Labute approximate surface area is 138 Å². The number of anilines is 1. The Bertz CT molecular complexity index is 557. The molecule has 1 aromatic rings. The molecule has 1 heterocycles. The predicted molar refractivity (Wildman–Crippen MR) is 93.3 cm³/mol. The Kier molecular flexibility index (Phi) is 5.97. The second-order valence-electron chi connectivity index (χ2n) is 6.22. The van der Waals surface area contributed by atoms with Crippen molar-refractivity contribution in [3.05, 3.63) is 42.5 Å². The summed E-state index contributed by atoms with van der Waals surface area (Å²) in [5.41, 5.74) is 2.13. The Morgan fingerprint density at radius 3 is 2.43 bits per heavy atom. The number of hydrogen-bond donors (Lipinski definition) is 1. The average Bonchev–Trinajstić information content (AvgIpc) is 2.61. The maximum Gasteiger partial charge on any atom is 0.245 e. The van der Waals surface area contributed by atoms with E-state index in [1.807, 2.05) is 12.1 Å². The molecule has 1 aliphatic heterocycles. The highest BCUT2D eigenvalue weighted by atomic mass is 16.2. The third-order valence-electron chi connectivity index (χ3n) is 4.71. The van der Waals surface area contributed by atoms with Crippen LogP contribution in [0.1, 0.15) is 44.6 Å². The van der Waals surface area contributed by atoms with Crippen LogP contribution in [0.2, 0.25) is 0 Å². The number of nitrogens with zero attached hydrogens (tertiary/aromatic N) is 1. The van der Waals surface area contributed by atoms with E-state index in [0.29, 0.717) is 31.8 Å². The van der Waals surface area contributed by atoms with Gasteiger partial charge in [-0.3, -0.25) is 9.59 Å². The lowest BCUT2D eigenvalue weighted by molar-refractivity contribution is -0.130. The molecule has 0 spiro atoms. The summed E-state index contributed by atoms with van der Waals surface area (Å²) in [6, 6.07) is 8.09. The van der Waals surface area contributed by atoms with Crippen LogP contribution in [0.3, 0.4) is 0 Å². The molecule has 1 saturated heterocycles. The van der Waals surface area contributed by atoms with Gasteiger partial charge in [0.1, 0.15) is 0 Å². The number of rotatable bonds is 5. The van der Waals surface area contributed by atoms with Gasteiger partial charge in [-0.1, -0.05) is 32.6 Å². The van der Waals surface area contributed by atoms with Crippen molar-refractivity contribution >= 4 is 17.5 Å². The van der Waals surface area contributed by atoms with Crippen LogP contribution < -0.4 is 5.32 Å². The fourth-order valence-corrected chi connectivity index (χ4v) is 2.87. The molecule has 23 heavy (non-hydrogen) atoms. The lowest BCUT2D eigenvalue weighted by Crippen LogP contribution is -2.40. The minimum absolute atomic E-state index is 0.0295. The van der Waals surface area contributed by atoms with Crippen LogP contribution in [0, 0.1) is 5.92 Å². The Balaban J connectivity index is 1.88. The van der Waals surface area contributed by atoms with Gasteiger partial charge in [-0.25, -0.2) is 0 Å². The van der Waals surface area contributed by atoms with Gasteiger partial charge in [0.25, 0.3) is 0 Å². The molecule has 1 N–H and O–H groups in total. The molecule has 1 unspecified atom stereocenters. The highest BCUT2D eigenvalue weighted by Crippen LogP contribution is 2.22. The second-order valence-corrected chi connectivity index (χ2v) is 6.22. The Hall–Kier alpha value is -2.10. The number of carbonyl (C=O) groups is 2. The van der Waals surface area contributed by atoms with Gasteiger partial charge in [0.05, 0.1) is 0 Å². The van der Waals surface area contributed by atoms with Gasteiger partial charge in [0.15, 0.2) is 0 Å². The van der Waals surface area contributed by atoms with Crippen molar-refractivity contribution in [1.82, 2.24) is 4.90 Å². The van der Waals surface area contributed by atoms with Crippen molar-refractivity contribution in [3.8, 4) is 0 Å². The lowest BCUT2D eigenvalue weighted by atomic mass is 9.95. The van der Waals surface area contributed by atoms with Gasteiger partial charge in [0.2, 0.25) is 11.8 Å². The van der Waals surface area contributed by atoms with Crippen molar-refractivity contribution < 1.29 is 9.59 Å². The van der Waals surface area contributed by atoms with Gasteiger partial charge >= 0.3 is 0 Å². The van der Waals surface area contributed by atoms with Crippen LogP contribution in [0.15, 0.2) is 36.9 Å². The van der Waals surface area contributed by atoms with E-state index < -0.39 is 0 Å². The molecular weight excluding hydrogens is 288 g/mol. The molecule has 0 bridgehead atoms. The molecule has 2 rings (SSSR count). The van der Waals surface area contributed by atoms with E-state index in [-0.39, 0.29) is 17.7 Å². The number of nitrogens with one attached hydrogen (secondary N) is 1. The van der Waals surface area contributed by atoms with Crippen molar-refractivity contribution in [2.45, 2.75) is 39.0 Å². The number of hydrogen-bond acceptors (Lipinski definition) is 2. The highest BCUT2D eigenvalue weighted by molar-refractivity contribution is 5.93. The normalized spacial score (nSPS) is 16.7. The minimum atomic E-state index is -0.0514. The van der Waals surface area contributed by atoms with Crippen LogP contribution in [0.5, 0.6) is 0 Å². The van der Waals surface area contributed by atoms with Crippen LogP contribution >= 0.6 is 0 Å². The smallest absolute Gasteiger partial charge is 0.245 e. The molecule has 1 aliphatic rings. The summed E-state index contributed by atoms with van der Waals surface area (Å²) in [5.74, 6) is 0.501. The quantitative estimate of drug-likeness (QED) is 0.845. The average molecular weight is 314 g/mol.